The van der Waals surface area contributed by atoms with Gasteiger partial charge in [0.15, 0.2) is 5.82 Å². The molecule has 0 aliphatic rings. The Morgan fingerprint density at radius 1 is 1.33 bits per heavy atom. The number of phenolic OH excluding ortho intramolecular Hbond substituents is 1. The SMILES string of the molecule is CCN(c1cccc(O)c1)c1ncccc1C#N. The Labute approximate surface area is 106 Å². The first-order chi connectivity index (χ1) is 8.76. The maximum Gasteiger partial charge on any atom is 0.150 e. The Morgan fingerprint density at radius 2 is 2.17 bits per heavy atom. The van der Waals surface area contributed by atoms with Crippen LogP contribution in [-0.4, -0.2) is 16.6 Å². The van der Waals surface area contributed by atoms with Crippen molar-refractivity contribution in [1.29, 1.82) is 5.26 Å². The first-order valence-electron chi connectivity index (χ1n) is 5.68. The standard InChI is InChI=1S/C14H13N3O/c1-2-17(12-6-3-7-13(18)9-12)14-11(10-15)5-4-8-16-14/h3-9,18H,2H2,1H3. The van der Waals surface area contributed by atoms with Crippen LogP contribution in [-0.2, 0) is 0 Å². The molecule has 4 heteroatoms. The molecule has 1 aromatic carbocycles. The summed E-state index contributed by atoms with van der Waals surface area (Å²) in [5.41, 5.74) is 1.33. The fourth-order valence-corrected chi connectivity index (χ4v) is 1.81. The number of nitrogens with zero attached hydrogens (tertiary/aromatic N) is 3. The Balaban J connectivity index is 2.49. The van der Waals surface area contributed by atoms with E-state index in [1.54, 1.807) is 36.5 Å². The normalized spacial score (nSPS) is 9.78. The molecule has 18 heavy (non-hydrogen) atoms. The first-order valence-corrected chi connectivity index (χ1v) is 5.68. The lowest BCUT2D eigenvalue weighted by atomic mass is 10.2. The summed E-state index contributed by atoms with van der Waals surface area (Å²) in [7, 11) is 0. The summed E-state index contributed by atoms with van der Waals surface area (Å²) in [5.74, 6) is 0.800. The van der Waals surface area contributed by atoms with Crippen LogP contribution in [0.3, 0.4) is 0 Å². The molecule has 0 aliphatic carbocycles. The minimum atomic E-state index is 0.195. The van der Waals surface area contributed by atoms with E-state index in [-0.39, 0.29) is 5.75 Å². The number of aromatic hydroxyl groups is 1. The topological polar surface area (TPSA) is 60.1 Å². The molecule has 0 saturated carbocycles. The molecule has 0 spiro atoms. The van der Waals surface area contributed by atoms with Crippen molar-refractivity contribution in [3.8, 4) is 11.8 Å². The average molecular weight is 239 g/mol. The average Bonchev–Trinajstić information content (AvgIpc) is 2.40. The number of hydrogen-bond acceptors (Lipinski definition) is 4. The lowest BCUT2D eigenvalue weighted by Crippen LogP contribution is -2.18. The molecule has 0 aliphatic heterocycles. The maximum absolute atomic E-state index is 9.52. The predicted molar refractivity (Wildman–Crippen MR) is 69.7 cm³/mol. The number of aromatic nitrogens is 1. The zero-order valence-corrected chi connectivity index (χ0v) is 10.0. The zero-order valence-electron chi connectivity index (χ0n) is 10.0. The van der Waals surface area contributed by atoms with Crippen molar-refractivity contribution in [3.05, 3.63) is 48.2 Å². The van der Waals surface area contributed by atoms with Crippen molar-refractivity contribution in [1.82, 2.24) is 4.98 Å². The summed E-state index contributed by atoms with van der Waals surface area (Å²) in [4.78, 5) is 6.14. The molecule has 0 unspecified atom stereocenters. The molecule has 0 bridgehead atoms. The van der Waals surface area contributed by atoms with E-state index < -0.39 is 0 Å². The largest absolute Gasteiger partial charge is 0.508 e. The summed E-state index contributed by atoms with van der Waals surface area (Å²) < 4.78 is 0. The Hall–Kier alpha value is -2.54. The number of anilines is 2. The van der Waals surface area contributed by atoms with Crippen LogP contribution in [0, 0.1) is 11.3 Å². The van der Waals surface area contributed by atoms with Crippen LogP contribution in [0.15, 0.2) is 42.6 Å². The van der Waals surface area contributed by atoms with Crippen molar-refractivity contribution in [2.75, 3.05) is 11.4 Å². The first kappa shape index (κ1) is 11.9. The highest BCUT2D eigenvalue weighted by Crippen LogP contribution is 2.28. The Morgan fingerprint density at radius 3 is 2.83 bits per heavy atom. The number of phenols is 1. The van der Waals surface area contributed by atoms with E-state index in [4.69, 9.17) is 5.26 Å². The smallest absolute Gasteiger partial charge is 0.150 e. The fraction of sp³-hybridized carbons (Fsp3) is 0.143. The van der Waals surface area contributed by atoms with Crippen LogP contribution in [0.2, 0.25) is 0 Å². The highest BCUT2D eigenvalue weighted by Gasteiger charge is 2.13. The molecular weight excluding hydrogens is 226 g/mol. The minimum absolute atomic E-state index is 0.195. The van der Waals surface area contributed by atoms with E-state index >= 15 is 0 Å². The van der Waals surface area contributed by atoms with Gasteiger partial charge in [-0.05, 0) is 31.2 Å². The van der Waals surface area contributed by atoms with Gasteiger partial charge in [0.1, 0.15) is 11.8 Å². The van der Waals surface area contributed by atoms with E-state index in [1.165, 1.54) is 0 Å². The second-order valence-corrected chi connectivity index (χ2v) is 3.75. The van der Waals surface area contributed by atoms with E-state index in [1.807, 2.05) is 17.9 Å². The molecule has 1 heterocycles. The Kier molecular flexibility index (Phi) is 3.44. The number of hydrogen-bond donors (Lipinski definition) is 1. The molecule has 4 nitrogen and oxygen atoms in total. The summed E-state index contributed by atoms with van der Waals surface area (Å²) in [5, 5.41) is 18.6. The molecular formula is C14H13N3O. The highest BCUT2D eigenvalue weighted by atomic mass is 16.3. The van der Waals surface area contributed by atoms with Crippen LogP contribution in [0.1, 0.15) is 12.5 Å². The lowest BCUT2D eigenvalue weighted by Gasteiger charge is -2.22. The second-order valence-electron chi connectivity index (χ2n) is 3.75. The van der Waals surface area contributed by atoms with Crippen molar-refractivity contribution >= 4 is 11.5 Å². The number of nitriles is 1. The van der Waals surface area contributed by atoms with Crippen LogP contribution in [0.5, 0.6) is 5.75 Å². The quantitative estimate of drug-likeness (QED) is 0.894. The third-order valence-corrected chi connectivity index (χ3v) is 2.62. The van der Waals surface area contributed by atoms with Crippen LogP contribution < -0.4 is 4.90 Å². The van der Waals surface area contributed by atoms with Gasteiger partial charge in [-0.3, -0.25) is 0 Å². The molecule has 1 aromatic heterocycles. The number of rotatable bonds is 3. The van der Waals surface area contributed by atoms with Crippen molar-refractivity contribution < 1.29 is 5.11 Å². The Bertz CT molecular complexity index is 590. The van der Waals surface area contributed by atoms with Gasteiger partial charge in [0, 0.05) is 24.5 Å². The monoisotopic (exact) mass is 239 g/mol. The van der Waals surface area contributed by atoms with Crippen LogP contribution >= 0.6 is 0 Å². The molecule has 0 atom stereocenters. The molecule has 0 amide bonds. The molecule has 0 fully saturated rings. The van der Waals surface area contributed by atoms with Gasteiger partial charge in [0.05, 0.1) is 5.56 Å². The zero-order chi connectivity index (χ0) is 13.0. The van der Waals surface area contributed by atoms with Gasteiger partial charge >= 0.3 is 0 Å². The molecule has 2 aromatic rings. The second kappa shape index (κ2) is 5.19. The molecule has 90 valence electrons. The fourth-order valence-electron chi connectivity index (χ4n) is 1.81. The van der Waals surface area contributed by atoms with E-state index in [9.17, 15) is 5.11 Å². The number of benzene rings is 1. The van der Waals surface area contributed by atoms with Crippen molar-refractivity contribution in [3.63, 3.8) is 0 Å². The summed E-state index contributed by atoms with van der Waals surface area (Å²) in [6.07, 6.45) is 1.65. The van der Waals surface area contributed by atoms with Gasteiger partial charge in [-0.1, -0.05) is 6.07 Å². The minimum Gasteiger partial charge on any atom is -0.508 e. The van der Waals surface area contributed by atoms with E-state index in [0.717, 1.165) is 5.69 Å². The van der Waals surface area contributed by atoms with Crippen molar-refractivity contribution in [2.45, 2.75) is 6.92 Å². The van der Waals surface area contributed by atoms with Gasteiger partial charge in [-0.2, -0.15) is 5.26 Å². The van der Waals surface area contributed by atoms with Gasteiger partial charge < -0.3 is 10.0 Å². The van der Waals surface area contributed by atoms with E-state index in [0.29, 0.717) is 17.9 Å². The summed E-state index contributed by atoms with van der Waals surface area (Å²) >= 11 is 0. The van der Waals surface area contributed by atoms with Crippen LogP contribution in [0.4, 0.5) is 11.5 Å². The molecule has 1 N–H and O–H groups in total. The molecule has 0 saturated heterocycles. The van der Waals surface area contributed by atoms with Crippen LogP contribution in [0.25, 0.3) is 0 Å². The molecule has 0 radical (unpaired) electrons. The van der Waals surface area contributed by atoms with Crippen molar-refractivity contribution in [2.24, 2.45) is 0 Å². The lowest BCUT2D eigenvalue weighted by molar-refractivity contribution is 0.475. The third kappa shape index (κ3) is 2.25. The highest BCUT2D eigenvalue weighted by molar-refractivity contribution is 5.66. The van der Waals surface area contributed by atoms with E-state index in [2.05, 4.69) is 11.1 Å². The predicted octanol–water partition coefficient (Wildman–Crippen LogP) is 2.82. The maximum atomic E-state index is 9.52. The number of pyridine rings is 1. The van der Waals surface area contributed by atoms with Gasteiger partial charge in [0.2, 0.25) is 0 Å². The van der Waals surface area contributed by atoms with Gasteiger partial charge in [-0.25, -0.2) is 4.98 Å². The van der Waals surface area contributed by atoms with Gasteiger partial charge in [-0.15, -0.1) is 0 Å². The van der Waals surface area contributed by atoms with Gasteiger partial charge in [0.25, 0.3) is 0 Å². The summed E-state index contributed by atoms with van der Waals surface area (Å²) in [6, 6.07) is 12.5. The summed E-state index contributed by atoms with van der Waals surface area (Å²) in [6.45, 7) is 2.63. The molecule has 2 rings (SSSR count). The third-order valence-electron chi connectivity index (χ3n) is 2.62.